The molecule has 0 aliphatic heterocycles. The van der Waals surface area contributed by atoms with Crippen molar-refractivity contribution in [3.05, 3.63) is 35.4 Å². The van der Waals surface area contributed by atoms with Gasteiger partial charge >= 0.3 is 0 Å². The fraction of sp³-hybridized carbons (Fsp3) is 0.538. The lowest BCUT2D eigenvalue weighted by molar-refractivity contribution is 0.507. The van der Waals surface area contributed by atoms with Gasteiger partial charge in [0.2, 0.25) is 0 Å². The van der Waals surface area contributed by atoms with Crippen LogP contribution in [0.15, 0.2) is 24.3 Å². The van der Waals surface area contributed by atoms with Crippen LogP contribution >= 0.6 is 0 Å². The van der Waals surface area contributed by atoms with Gasteiger partial charge in [0.1, 0.15) is 0 Å². The highest BCUT2D eigenvalue weighted by atomic mass is 15.0. The molecular formula is C13H17N. The SMILES string of the molecule is CN[C@@H]1CC12CCCc1ccccc12. The van der Waals surface area contributed by atoms with E-state index in [1.165, 1.54) is 25.7 Å². The van der Waals surface area contributed by atoms with Crippen molar-refractivity contribution in [3.63, 3.8) is 0 Å². The maximum absolute atomic E-state index is 3.44. The number of benzene rings is 1. The lowest BCUT2D eigenvalue weighted by Gasteiger charge is -2.26. The number of rotatable bonds is 1. The smallest absolute Gasteiger partial charge is 0.0171 e. The Hall–Kier alpha value is -0.820. The Balaban J connectivity index is 2.05. The van der Waals surface area contributed by atoms with E-state index in [1.807, 2.05) is 0 Å². The van der Waals surface area contributed by atoms with Crippen LogP contribution in [0.2, 0.25) is 0 Å². The third-order valence-electron chi connectivity index (χ3n) is 4.05. The van der Waals surface area contributed by atoms with Gasteiger partial charge < -0.3 is 5.32 Å². The summed E-state index contributed by atoms with van der Waals surface area (Å²) >= 11 is 0. The lowest BCUT2D eigenvalue weighted by atomic mass is 9.80. The molecule has 1 N–H and O–H groups in total. The molecular weight excluding hydrogens is 170 g/mol. The second-order valence-corrected chi connectivity index (χ2v) is 4.71. The molecule has 74 valence electrons. The fourth-order valence-electron chi connectivity index (χ4n) is 3.21. The minimum atomic E-state index is 0.517. The predicted molar refractivity (Wildman–Crippen MR) is 58.5 cm³/mol. The van der Waals surface area contributed by atoms with Gasteiger partial charge in [-0.1, -0.05) is 24.3 Å². The van der Waals surface area contributed by atoms with E-state index in [2.05, 4.69) is 36.6 Å². The van der Waals surface area contributed by atoms with Crippen LogP contribution in [0.3, 0.4) is 0 Å². The van der Waals surface area contributed by atoms with Gasteiger partial charge in [0.05, 0.1) is 0 Å². The standard InChI is InChI=1S/C13H17N/c1-14-12-9-13(12)8-4-6-10-5-2-3-7-11(10)13/h2-3,5,7,12,14H,4,6,8-9H2,1H3/t12-,13?/m1/s1. The van der Waals surface area contributed by atoms with E-state index in [9.17, 15) is 0 Å². The third kappa shape index (κ3) is 0.992. The third-order valence-corrected chi connectivity index (χ3v) is 4.05. The van der Waals surface area contributed by atoms with Crippen molar-refractivity contribution in [1.82, 2.24) is 5.32 Å². The Morgan fingerprint density at radius 1 is 1.36 bits per heavy atom. The molecule has 2 aliphatic rings. The minimum absolute atomic E-state index is 0.517. The zero-order chi connectivity index (χ0) is 9.60. The second kappa shape index (κ2) is 2.83. The summed E-state index contributed by atoms with van der Waals surface area (Å²) in [7, 11) is 2.09. The molecule has 0 aromatic heterocycles. The summed E-state index contributed by atoms with van der Waals surface area (Å²) in [5, 5.41) is 3.44. The van der Waals surface area contributed by atoms with Gasteiger partial charge in [-0.05, 0) is 43.9 Å². The normalized spacial score (nSPS) is 34.2. The Morgan fingerprint density at radius 3 is 3.00 bits per heavy atom. The van der Waals surface area contributed by atoms with E-state index >= 15 is 0 Å². The topological polar surface area (TPSA) is 12.0 Å². The quantitative estimate of drug-likeness (QED) is 0.711. The van der Waals surface area contributed by atoms with Gasteiger partial charge in [0.15, 0.2) is 0 Å². The van der Waals surface area contributed by atoms with Crippen molar-refractivity contribution in [1.29, 1.82) is 0 Å². The molecule has 0 amide bonds. The van der Waals surface area contributed by atoms with Gasteiger partial charge in [-0.25, -0.2) is 0 Å². The molecule has 1 spiro atoms. The van der Waals surface area contributed by atoms with Crippen molar-refractivity contribution >= 4 is 0 Å². The number of aryl methyl sites for hydroxylation is 1. The molecule has 1 nitrogen and oxygen atoms in total. The van der Waals surface area contributed by atoms with Crippen molar-refractivity contribution in [2.45, 2.75) is 37.1 Å². The van der Waals surface area contributed by atoms with Crippen LogP contribution in [0, 0.1) is 0 Å². The zero-order valence-electron chi connectivity index (χ0n) is 8.72. The molecule has 2 aliphatic carbocycles. The number of hydrogen-bond donors (Lipinski definition) is 1. The number of fused-ring (bicyclic) bond motifs is 2. The molecule has 1 aromatic rings. The molecule has 2 atom stereocenters. The number of nitrogens with one attached hydrogen (secondary N) is 1. The molecule has 1 unspecified atom stereocenters. The molecule has 14 heavy (non-hydrogen) atoms. The Bertz CT molecular complexity index is 358. The molecule has 1 aromatic carbocycles. The second-order valence-electron chi connectivity index (χ2n) is 4.71. The van der Waals surface area contributed by atoms with Crippen LogP contribution in [0.1, 0.15) is 30.4 Å². The fourth-order valence-corrected chi connectivity index (χ4v) is 3.21. The van der Waals surface area contributed by atoms with Crippen molar-refractivity contribution in [3.8, 4) is 0 Å². The molecule has 0 radical (unpaired) electrons. The first kappa shape index (κ1) is 8.49. The molecule has 1 saturated carbocycles. The monoisotopic (exact) mass is 187 g/mol. The average molecular weight is 187 g/mol. The van der Waals surface area contributed by atoms with Gasteiger partial charge in [0.25, 0.3) is 0 Å². The first-order valence-electron chi connectivity index (χ1n) is 5.62. The summed E-state index contributed by atoms with van der Waals surface area (Å²) in [5.74, 6) is 0. The molecule has 0 saturated heterocycles. The van der Waals surface area contributed by atoms with Gasteiger partial charge in [-0.3, -0.25) is 0 Å². The van der Waals surface area contributed by atoms with E-state index in [4.69, 9.17) is 0 Å². The maximum Gasteiger partial charge on any atom is 0.0171 e. The summed E-state index contributed by atoms with van der Waals surface area (Å²) in [6.07, 6.45) is 5.39. The Labute approximate surface area is 85.5 Å². The lowest BCUT2D eigenvalue weighted by Crippen LogP contribution is -2.26. The number of likely N-dealkylation sites (N-methyl/N-ethyl adjacent to an activating group) is 1. The highest BCUT2D eigenvalue weighted by Gasteiger charge is 2.55. The van der Waals surface area contributed by atoms with Gasteiger partial charge in [-0.15, -0.1) is 0 Å². The Morgan fingerprint density at radius 2 is 2.21 bits per heavy atom. The summed E-state index contributed by atoms with van der Waals surface area (Å²) in [6.45, 7) is 0. The van der Waals surface area contributed by atoms with E-state index in [1.54, 1.807) is 11.1 Å². The van der Waals surface area contributed by atoms with Crippen molar-refractivity contribution in [2.75, 3.05) is 7.05 Å². The van der Waals surface area contributed by atoms with E-state index in [0.717, 1.165) is 6.04 Å². The Kier molecular flexibility index (Phi) is 1.72. The van der Waals surface area contributed by atoms with Crippen LogP contribution in [-0.2, 0) is 11.8 Å². The maximum atomic E-state index is 3.44. The van der Waals surface area contributed by atoms with Crippen LogP contribution in [0.25, 0.3) is 0 Å². The van der Waals surface area contributed by atoms with Crippen LogP contribution in [0.4, 0.5) is 0 Å². The first-order chi connectivity index (χ1) is 6.87. The largest absolute Gasteiger partial charge is 0.316 e. The molecule has 3 rings (SSSR count). The van der Waals surface area contributed by atoms with Crippen LogP contribution < -0.4 is 5.32 Å². The van der Waals surface area contributed by atoms with E-state index in [0.29, 0.717) is 5.41 Å². The summed E-state index contributed by atoms with van der Waals surface area (Å²) in [4.78, 5) is 0. The van der Waals surface area contributed by atoms with E-state index in [-0.39, 0.29) is 0 Å². The average Bonchev–Trinajstić information content (AvgIpc) is 2.94. The van der Waals surface area contributed by atoms with Gasteiger partial charge in [0, 0.05) is 11.5 Å². The molecule has 1 heteroatoms. The summed E-state index contributed by atoms with van der Waals surface area (Å²) < 4.78 is 0. The van der Waals surface area contributed by atoms with E-state index < -0.39 is 0 Å². The predicted octanol–water partition coefficient (Wildman–Crippen LogP) is 2.25. The number of hydrogen-bond acceptors (Lipinski definition) is 1. The molecule has 0 heterocycles. The summed E-state index contributed by atoms with van der Waals surface area (Å²) in [5.41, 5.74) is 3.74. The molecule has 0 bridgehead atoms. The van der Waals surface area contributed by atoms with Crippen LogP contribution in [0.5, 0.6) is 0 Å². The minimum Gasteiger partial charge on any atom is -0.316 e. The zero-order valence-corrected chi connectivity index (χ0v) is 8.72. The van der Waals surface area contributed by atoms with Crippen LogP contribution in [-0.4, -0.2) is 13.1 Å². The first-order valence-corrected chi connectivity index (χ1v) is 5.62. The van der Waals surface area contributed by atoms with Crippen molar-refractivity contribution < 1.29 is 0 Å². The highest BCUT2D eigenvalue weighted by Crippen LogP contribution is 2.55. The van der Waals surface area contributed by atoms with Gasteiger partial charge in [-0.2, -0.15) is 0 Å². The van der Waals surface area contributed by atoms with Crippen molar-refractivity contribution in [2.24, 2.45) is 0 Å². The highest BCUT2D eigenvalue weighted by molar-refractivity contribution is 5.44. The molecule has 1 fully saturated rings. The summed E-state index contributed by atoms with van der Waals surface area (Å²) in [6, 6.07) is 9.75.